The summed E-state index contributed by atoms with van der Waals surface area (Å²) >= 11 is 0. The molecule has 2 unspecified atom stereocenters. The van der Waals surface area contributed by atoms with E-state index in [0.29, 0.717) is 6.61 Å². The molecule has 58 valence electrons. The Kier molecular flexibility index (Phi) is 0.978. The maximum Gasteiger partial charge on any atom is 0.266 e. The first-order valence-electron chi connectivity index (χ1n) is 3.25. The molecule has 0 radical (unpaired) electrons. The van der Waals surface area contributed by atoms with E-state index in [9.17, 15) is 8.78 Å². The van der Waals surface area contributed by atoms with Crippen LogP contribution in [-0.2, 0) is 4.74 Å². The summed E-state index contributed by atoms with van der Waals surface area (Å²) in [6.45, 7) is 0.410. The van der Waals surface area contributed by atoms with Gasteiger partial charge in [-0.05, 0) is 0 Å². The Balaban J connectivity index is 1.95. The molecular weight excluding hydrogens is 140 g/mol. The molecular formula is C6H9F2NO. The summed E-state index contributed by atoms with van der Waals surface area (Å²) in [5.41, 5.74) is -0.349. The largest absolute Gasteiger partial charge is 0.383 e. The summed E-state index contributed by atoms with van der Waals surface area (Å²) in [7, 11) is 1.53. The van der Waals surface area contributed by atoms with E-state index >= 15 is 0 Å². The summed E-state index contributed by atoms with van der Waals surface area (Å²) in [5, 5.41) is 2.74. The van der Waals surface area contributed by atoms with Gasteiger partial charge in [-0.25, -0.2) is 8.78 Å². The van der Waals surface area contributed by atoms with E-state index in [1.54, 1.807) is 0 Å². The predicted octanol–water partition coefficient (Wildman–Crippen LogP) is 0.382. The fourth-order valence-corrected chi connectivity index (χ4v) is 1.73. The second kappa shape index (κ2) is 1.51. The van der Waals surface area contributed by atoms with E-state index < -0.39 is 12.0 Å². The molecule has 2 nitrogen and oxygen atoms in total. The van der Waals surface area contributed by atoms with E-state index in [1.165, 1.54) is 7.11 Å². The number of nitrogens with one attached hydrogen (secondary N) is 1. The molecule has 0 bridgehead atoms. The van der Waals surface area contributed by atoms with Crippen molar-refractivity contribution in [3.63, 3.8) is 0 Å². The highest BCUT2D eigenvalue weighted by molar-refractivity contribution is 5.31. The molecule has 0 aromatic rings. The van der Waals surface area contributed by atoms with Crippen LogP contribution in [0.5, 0.6) is 0 Å². The third-order valence-corrected chi connectivity index (χ3v) is 2.28. The van der Waals surface area contributed by atoms with Gasteiger partial charge in [-0.15, -0.1) is 0 Å². The van der Waals surface area contributed by atoms with E-state index in [-0.39, 0.29) is 12.0 Å². The number of rotatable bonds is 2. The van der Waals surface area contributed by atoms with Crippen LogP contribution in [0.15, 0.2) is 0 Å². The lowest BCUT2D eigenvalue weighted by atomic mass is 9.82. The lowest BCUT2D eigenvalue weighted by Gasteiger charge is -2.30. The first-order chi connectivity index (χ1) is 4.61. The van der Waals surface area contributed by atoms with Crippen LogP contribution in [0.25, 0.3) is 0 Å². The average molecular weight is 149 g/mol. The highest BCUT2D eigenvalue weighted by Gasteiger charge is 2.77. The van der Waals surface area contributed by atoms with Crippen LogP contribution < -0.4 is 5.32 Å². The molecule has 2 fully saturated rings. The molecule has 2 aliphatic rings. The number of fused-ring (bicyclic) bond motifs is 1. The molecule has 1 N–H and O–H groups in total. The minimum Gasteiger partial charge on any atom is -0.383 e. The minimum absolute atomic E-state index is 0.0570. The van der Waals surface area contributed by atoms with Crippen molar-refractivity contribution >= 4 is 0 Å². The van der Waals surface area contributed by atoms with Crippen molar-refractivity contribution in [1.29, 1.82) is 0 Å². The first kappa shape index (κ1) is 6.49. The molecule has 10 heavy (non-hydrogen) atoms. The van der Waals surface area contributed by atoms with Crippen LogP contribution >= 0.6 is 0 Å². The summed E-state index contributed by atoms with van der Waals surface area (Å²) < 4.78 is 29.6. The van der Waals surface area contributed by atoms with Crippen LogP contribution in [0.4, 0.5) is 8.78 Å². The normalized spacial score (nSPS) is 47.7. The number of ether oxygens (including phenoxy) is 1. The monoisotopic (exact) mass is 149 g/mol. The maximum atomic E-state index is 12.4. The van der Waals surface area contributed by atoms with Gasteiger partial charge >= 0.3 is 0 Å². The van der Waals surface area contributed by atoms with Crippen molar-refractivity contribution in [3.8, 4) is 0 Å². The van der Waals surface area contributed by atoms with E-state index in [2.05, 4.69) is 5.32 Å². The van der Waals surface area contributed by atoms with Crippen LogP contribution in [0.2, 0.25) is 0 Å². The number of halogens is 2. The quantitative estimate of drug-likeness (QED) is 0.575. The Morgan fingerprint density at radius 3 is 2.70 bits per heavy atom. The van der Waals surface area contributed by atoms with Gasteiger partial charge in [-0.1, -0.05) is 0 Å². The van der Waals surface area contributed by atoms with Gasteiger partial charge in [0, 0.05) is 13.5 Å². The number of hydrogen-bond acceptors (Lipinski definition) is 2. The van der Waals surface area contributed by atoms with E-state index in [1.807, 2.05) is 0 Å². The Bertz CT molecular complexity index is 173. The minimum atomic E-state index is -2.47. The Morgan fingerprint density at radius 1 is 1.70 bits per heavy atom. The van der Waals surface area contributed by atoms with Gasteiger partial charge in [-0.3, -0.25) is 5.32 Å². The van der Waals surface area contributed by atoms with Crippen molar-refractivity contribution < 1.29 is 13.5 Å². The molecule has 0 aromatic carbocycles. The molecule has 1 saturated heterocycles. The molecule has 1 saturated carbocycles. The Labute approximate surface area is 57.5 Å². The lowest BCUT2D eigenvalue weighted by molar-refractivity contribution is -0.0779. The fourth-order valence-electron chi connectivity index (χ4n) is 1.73. The molecule has 1 heterocycles. The highest BCUT2D eigenvalue weighted by Crippen LogP contribution is 2.56. The SMILES string of the molecule is COCC12CC(F)(F)C1N2. The van der Waals surface area contributed by atoms with Gasteiger partial charge in [0.05, 0.1) is 18.2 Å². The van der Waals surface area contributed by atoms with Crippen LogP contribution in [0.3, 0.4) is 0 Å². The molecule has 0 spiro atoms. The van der Waals surface area contributed by atoms with Crippen molar-refractivity contribution in [1.82, 2.24) is 5.32 Å². The van der Waals surface area contributed by atoms with Gasteiger partial charge in [0.1, 0.15) is 0 Å². The number of methoxy groups -OCH3 is 1. The zero-order valence-corrected chi connectivity index (χ0v) is 5.66. The van der Waals surface area contributed by atoms with Gasteiger partial charge in [0.25, 0.3) is 5.92 Å². The zero-order valence-electron chi connectivity index (χ0n) is 5.66. The van der Waals surface area contributed by atoms with Crippen molar-refractivity contribution in [3.05, 3.63) is 0 Å². The molecule has 2 atom stereocenters. The van der Waals surface area contributed by atoms with E-state index in [0.717, 1.165) is 0 Å². The van der Waals surface area contributed by atoms with Gasteiger partial charge in [0.15, 0.2) is 0 Å². The Hall–Kier alpha value is -0.220. The van der Waals surface area contributed by atoms with Gasteiger partial charge in [-0.2, -0.15) is 0 Å². The highest BCUT2D eigenvalue weighted by atomic mass is 19.3. The molecule has 1 aliphatic carbocycles. The number of hydrogen-bond donors (Lipinski definition) is 1. The van der Waals surface area contributed by atoms with Crippen LogP contribution in [0.1, 0.15) is 6.42 Å². The first-order valence-corrected chi connectivity index (χ1v) is 3.25. The predicted molar refractivity (Wildman–Crippen MR) is 31.1 cm³/mol. The smallest absolute Gasteiger partial charge is 0.266 e. The van der Waals surface area contributed by atoms with Gasteiger partial charge < -0.3 is 4.74 Å². The topological polar surface area (TPSA) is 31.2 Å². The van der Waals surface area contributed by atoms with Crippen molar-refractivity contribution in [2.24, 2.45) is 0 Å². The molecule has 0 amide bonds. The maximum absolute atomic E-state index is 12.4. The summed E-state index contributed by atoms with van der Waals surface area (Å²) in [6.07, 6.45) is -0.0570. The average Bonchev–Trinajstić information content (AvgIpc) is 2.39. The lowest BCUT2D eigenvalue weighted by Crippen LogP contribution is -2.48. The molecule has 4 heteroatoms. The Morgan fingerprint density at radius 2 is 2.40 bits per heavy atom. The summed E-state index contributed by atoms with van der Waals surface area (Å²) in [5.74, 6) is -2.47. The summed E-state index contributed by atoms with van der Waals surface area (Å²) in [6, 6.07) is -0.597. The number of alkyl halides is 2. The molecule has 2 rings (SSSR count). The van der Waals surface area contributed by atoms with Gasteiger partial charge in [0.2, 0.25) is 0 Å². The zero-order chi connectivity index (χ0) is 7.41. The van der Waals surface area contributed by atoms with Crippen LogP contribution in [0, 0.1) is 0 Å². The van der Waals surface area contributed by atoms with Crippen molar-refractivity contribution in [2.45, 2.75) is 23.9 Å². The van der Waals surface area contributed by atoms with Crippen LogP contribution in [-0.4, -0.2) is 31.2 Å². The summed E-state index contributed by atoms with van der Waals surface area (Å²) in [4.78, 5) is 0. The van der Waals surface area contributed by atoms with E-state index in [4.69, 9.17) is 4.74 Å². The third-order valence-electron chi connectivity index (χ3n) is 2.28. The second-order valence-corrected chi connectivity index (χ2v) is 3.10. The van der Waals surface area contributed by atoms with Crippen molar-refractivity contribution in [2.75, 3.05) is 13.7 Å². The standard InChI is InChI=1S/C6H9F2NO/c1-10-3-5-2-6(7,8)4(5)9-5/h4,9H,2-3H2,1H3. The third kappa shape index (κ3) is 0.582. The molecule has 0 aromatic heterocycles. The second-order valence-electron chi connectivity index (χ2n) is 3.10. The fraction of sp³-hybridized carbons (Fsp3) is 1.00. The molecule has 1 aliphatic heterocycles.